The van der Waals surface area contributed by atoms with Gasteiger partial charge < -0.3 is 5.32 Å². The molecule has 0 amide bonds. The molecule has 0 aliphatic heterocycles. The lowest BCUT2D eigenvalue weighted by molar-refractivity contribution is 0.694. The van der Waals surface area contributed by atoms with Gasteiger partial charge in [0, 0.05) is 33.7 Å². The van der Waals surface area contributed by atoms with Crippen LogP contribution in [-0.2, 0) is 13.1 Å². The Labute approximate surface area is 134 Å². The van der Waals surface area contributed by atoms with E-state index in [1.807, 2.05) is 42.5 Å². The summed E-state index contributed by atoms with van der Waals surface area (Å²) < 4.78 is 0. The van der Waals surface area contributed by atoms with E-state index < -0.39 is 0 Å². The minimum absolute atomic E-state index is 0. The first kappa shape index (κ1) is 16.6. The molecule has 0 saturated heterocycles. The highest BCUT2D eigenvalue weighted by Crippen LogP contribution is 2.24. The maximum Gasteiger partial charge on any atom is 0.0465 e. The average Bonchev–Trinajstić information content (AvgIpc) is 2.35. The van der Waals surface area contributed by atoms with Gasteiger partial charge in [-0.25, -0.2) is 0 Å². The summed E-state index contributed by atoms with van der Waals surface area (Å²) in [6, 6.07) is 13.2. The fraction of sp³-hybridized carbons (Fsp3) is 0.143. The third-order valence-corrected chi connectivity index (χ3v) is 3.71. The minimum Gasteiger partial charge on any atom is -0.308 e. The monoisotopic (exact) mass is 335 g/mol. The summed E-state index contributed by atoms with van der Waals surface area (Å²) in [7, 11) is 0. The second-order valence-electron chi connectivity index (χ2n) is 3.90. The van der Waals surface area contributed by atoms with E-state index in [1.165, 1.54) is 0 Å². The van der Waals surface area contributed by atoms with Crippen molar-refractivity contribution in [2.75, 3.05) is 0 Å². The molecule has 0 heterocycles. The Morgan fingerprint density at radius 2 is 1.32 bits per heavy atom. The van der Waals surface area contributed by atoms with Crippen molar-refractivity contribution in [3.8, 4) is 0 Å². The van der Waals surface area contributed by atoms with Crippen LogP contribution in [0.1, 0.15) is 11.1 Å². The molecule has 0 aliphatic carbocycles. The molecule has 5 heteroatoms. The predicted octanol–water partition coefficient (Wildman–Crippen LogP) is 5.36. The highest BCUT2D eigenvalue weighted by molar-refractivity contribution is 6.36. The maximum absolute atomic E-state index is 6.09. The average molecular weight is 337 g/mol. The molecule has 2 aromatic rings. The first-order chi connectivity index (χ1) is 8.68. The molecule has 1 nitrogen and oxygen atoms in total. The molecular formula is C14H13Cl4N. The van der Waals surface area contributed by atoms with Gasteiger partial charge in [-0.1, -0.05) is 59.1 Å². The quantitative estimate of drug-likeness (QED) is 0.792. The lowest BCUT2D eigenvalue weighted by Gasteiger charge is -2.09. The van der Waals surface area contributed by atoms with Gasteiger partial charge in [-0.05, 0) is 23.8 Å². The van der Waals surface area contributed by atoms with E-state index in [0.717, 1.165) is 16.1 Å². The topological polar surface area (TPSA) is 12.0 Å². The minimum atomic E-state index is 0. The fourth-order valence-electron chi connectivity index (χ4n) is 1.67. The number of halogens is 4. The first-order valence-corrected chi connectivity index (χ1v) is 6.69. The molecule has 0 radical (unpaired) electrons. The third-order valence-electron chi connectivity index (χ3n) is 2.64. The lowest BCUT2D eigenvalue weighted by atomic mass is 10.2. The van der Waals surface area contributed by atoms with Crippen molar-refractivity contribution in [1.82, 2.24) is 5.32 Å². The summed E-state index contributed by atoms with van der Waals surface area (Å²) >= 11 is 18.3. The lowest BCUT2D eigenvalue weighted by Crippen LogP contribution is -2.13. The molecule has 0 aromatic heterocycles. The highest BCUT2D eigenvalue weighted by atomic mass is 35.5. The number of benzene rings is 2. The standard InChI is InChI=1S/C14H12Cl3N.ClH/c15-12-5-2-1-4-10(12)8-18-9-11-13(16)6-3-7-14(11)17;/h1-7,18H,8-9H2;1H. The molecular weight excluding hydrogens is 324 g/mol. The van der Waals surface area contributed by atoms with E-state index in [2.05, 4.69) is 5.32 Å². The highest BCUT2D eigenvalue weighted by Gasteiger charge is 2.05. The van der Waals surface area contributed by atoms with Crippen LogP contribution in [0.5, 0.6) is 0 Å². The number of hydrogen-bond donors (Lipinski definition) is 1. The largest absolute Gasteiger partial charge is 0.308 e. The molecule has 0 spiro atoms. The molecule has 102 valence electrons. The van der Waals surface area contributed by atoms with Crippen molar-refractivity contribution in [3.63, 3.8) is 0 Å². The summed E-state index contributed by atoms with van der Waals surface area (Å²) in [6.07, 6.45) is 0. The molecule has 0 bridgehead atoms. The summed E-state index contributed by atoms with van der Waals surface area (Å²) in [5.41, 5.74) is 1.97. The molecule has 0 fully saturated rings. The normalized spacial score (nSPS) is 10.1. The van der Waals surface area contributed by atoms with Crippen molar-refractivity contribution >= 4 is 47.2 Å². The van der Waals surface area contributed by atoms with Crippen molar-refractivity contribution in [2.24, 2.45) is 0 Å². The Bertz CT molecular complexity index is 522. The van der Waals surface area contributed by atoms with Crippen molar-refractivity contribution < 1.29 is 0 Å². The molecule has 0 aliphatic rings. The maximum atomic E-state index is 6.09. The third kappa shape index (κ3) is 4.55. The van der Waals surface area contributed by atoms with Crippen molar-refractivity contribution in [3.05, 3.63) is 68.7 Å². The zero-order chi connectivity index (χ0) is 13.0. The van der Waals surface area contributed by atoms with Crippen LogP contribution >= 0.6 is 47.2 Å². The van der Waals surface area contributed by atoms with Crippen LogP contribution < -0.4 is 5.32 Å². The van der Waals surface area contributed by atoms with Gasteiger partial charge in [0.25, 0.3) is 0 Å². The zero-order valence-corrected chi connectivity index (χ0v) is 13.1. The Kier molecular flexibility index (Phi) is 6.98. The number of hydrogen-bond acceptors (Lipinski definition) is 1. The van der Waals surface area contributed by atoms with E-state index in [1.54, 1.807) is 0 Å². The van der Waals surface area contributed by atoms with Gasteiger partial charge in [0.1, 0.15) is 0 Å². The SMILES string of the molecule is Cl.Clc1ccccc1CNCc1c(Cl)cccc1Cl. The summed E-state index contributed by atoms with van der Waals surface area (Å²) in [6.45, 7) is 1.30. The molecule has 19 heavy (non-hydrogen) atoms. The van der Waals surface area contributed by atoms with Gasteiger partial charge >= 0.3 is 0 Å². The van der Waals surface area contributed by atoms with E-state index in [-0.39, 0.29) is 12.4 Å². The Hall–Kier alpha value is -0.440. The Balaban J connectivity index is 0.00000180. The van der Waals surface area contributed by atoms with Crippen LogP contribution in [-0.4, -0.2) is 0 Å². The first-order valence-electron chi connectivity index (χ1n) is 5.55. The molecule has 1 N–H and O–H groups in total. The molecule has 0 atom stereocenters. The number of nitrogens with one attached hydrogen (secondary N) is 1. The van der Waals surface area contributed by atoms with Crippen LogP contribution in [0.2, 0.25) is 15.1 Å². The van der Waals surface area contributed by atoms with Crippen LogP contribution in [0.4, 0.5) is 0 Å². The zero-order valence-electron chi connectivity index (χ0n) is 10.00. The molecule has 2 aromatic carbocycles. The summed E-state index contributed by atoms with van der Waals surface area (Å²) in [5, 5.41) is 5.40. The summed E-state index contributed by atoms with van der Waals surface area (Å²) in [4.78, 5) is 0. The van der Waals surface area contributed by atoms with Crippen LogP contribution in [0.25, 0.3) is 0 Å². The van der Waals surface area contributed by atoms with Crippen molar-refractivity contribution in [2.45, 2.75) is 13.1 Å². The molecule has 0 unspecified atom stereocenters. The van der Waals surface area contributed by atoms with Crippen LogP contribution in [0.3, 0.4) is 0 Å². The fourth-order valence-corrected chi connectivity index (χ4v) is 2.40. The Morgan fingerprint density at radius 3 is 1.95 bits per heavy atom. The van der Waals surface area contributed by atoms with Crippen LogP contribution in [0.15, 0.2) is 42.5 Å². The molecule has 0 saturated carbocycles. The van der Waals surface area contributed by atoms with Gasteiger partial charge in [0.15, 0.2) is 0 Å². The van der Waals surface area contributed by atoms with E-state index in [0.29, 0.717) is 23.1 Å². The van der Waals surface area contributed by atoms with Crippen molar-refractivity contribution in [1.29, 1.82) is 0 Å². The van der Waals surface area contributed by atoms with E-state index in [4.69, 9.17) is 34.8 Å². The Morgan fingerprint density at radius 1 is 0.737 bits per heavy atom. The van der Waals surface area contributed by atoms with Gasteiger partial charge in [0.2, 0.25) is 0 Å². The smallest absolute Gasteiger partial charge is 0.0465 e. The van der Waals surface area contributed by atoms with E-state index >= 15 is 0 Å². The summed E-state index contributed by atoms with van der Waals surface area (Å²) in [5.74, 6) is 0. The second kappa shape index (κ2) is 7.98. The van der Waals surface area contributed by atoms with Gasteiger partial charge in [0.05, 0.1) is 0 Å². The van der Waals surface area contributed by atoms with Crippen LogP contribution in [0, 0.1) is 0 Å². The van der Waals surface area contributed by atoms with E-state index in [9.17, 15) is 0 Å². The number of rotatable bonds is 4. The van der Waals surface area contributed by atoms with Gasteiger partial charge in [-0.3, -0.25) is 0 Å². The molecule has 2 rings (SSSR count). The van der Waals surface area contributed by atoms with Gasteiger partial charge in [-0.2, -0.15) is 0 Å². The second-order valence-corrected chi connectivity index (χ2v) is 5.12. The van der Waals surface area contributed by atoms with Gasteiger partial charge in [-0.15, -0.1) is 12.4 Å². The predicted molar refractivity (Wildman–Crippen MR) is 85.7 cm³/mol.